The molecular formula is C20H20N6O4S2. The van der Waals surface area contributed by atoms with Crippen molar-refractivity contribution in [2.45, 2.75) is 19.4 Å². The number of fused-ring (bicyclic) bond motifs is 1. The summed E-state index contributed by atoms with van der Waals surface area (Å²) in [5.41, 5.74) is 1.63. The van der Waals surface area contributed by atoms with Crippen LogP contribution in [0.5, 0.6) is 0 Å². The number of aryl methyl sites for hydroxylation is 1. The number of rotatable bonds is 9. The fourth-order valence-electron chi connectivity index (χ4n) is 2.92. The Morgan fingerprint density at radius 1 is 1.25 bits per heavy atom. The minimum absolute atomic E-state index is 0.0727. The molecule has 3 heterocycles. The van der Waals surface area contributed by atoms with E-state index in [1.807, 2.05) is 31.2 Å². The van der Waals surface area contributed by atoms with Crippen molar-refractivity contribution in [1.29, 1.82) is 0 Å². The molecule has 0 aliphatic rings. The highest BCUT2D eigenvalue weighted by Gasteiger charge is 2.20. The zero-order valence-corrected chi connectivity index (χ0v) is 18.6. The first-order valence-electron chi connectivity index (χ1n) is 9.67. The molecule has 0 aliphatic carbocycles. The van der Waals surface area contributed by atoms with E-state index in [9.17, 15) is 15.0 Å². The number of benzene rings is 1. The molecule has 0 spiro atoms. The predicted molar refractivity (Wildman–Crippen MR) is 123 cm³/mol. The third-order valence-electron chi connectivity index (χ3n) is 4.61. The summed E-state index contributed by atoms with van der Waals surface area (Å²) in [6.45, 7) is 1.77. The standard InChI is InChI=1S/C20H20N6O4S2/c1-11-8-16(24-25-17(11)23-19-21-13-4-2-3-5-15(13)32-19)26(7-6-12(28)9-27)20-22-14(10-31-20)18(29)30/h2-5,8,10,12,27-28H,6-7,9H2,1H3,(H,29,30)(H,21,23,25). The molecule has 166 valence electrons. The van der Waals surface area contributed by atoms with Crippen molar-refractivity contribution in [2.24, 2.45) is 0 Å². The molecule has 1 atom stereocenters. The molecule has 4 aromatic rings. The highest BCUT2D eigenvalue weighted by Crippen LogP contribution is 2.31. The number of para-hydroxylation sites is 1. The van der Waals surface area contributed by atoms with Crippen molar-refractivity contribution in [1.82, 2.24) is 20.2 Å². The number of carbonyl (C=O) groups is 1. The lowest BCUT2D eigenvalue weighted by molar-refractivity contribution is 0.0691. The van der Waals surface area contributed by atoms with Gasteiger partial charge in [0.25, 0.3) is 0 Å². The van der Waals surface area contributed by atoms with Gasteiger partial charge in [-0.15, -0.1) is 21.5 Å². The van der Waals surface area contributed by atoms with Gasteiger partial charge in [-0.3, -0.25) is 0 Å². The summed E-state index contributed by atoms with van der Waals surface area (Å²) in [5, 5.41) is 42.4. The fraction of sp³-hybridized carbons (Fsp3) is 0.250. The number of carboxylic acids is 1. The van der Waals surface area contributed by atoms with E-state index in [0.717, 1.165) is 27.1 Å². The molecule has 0 amide bonds. The number of anilines is 4. The summed E-state index contributed by atoms with van der Waals surface area (Å²) in [5.74, 6) is -0.122. The van der Waals surface area contributed by atoms with Gasteiger partial charge in [0.05, 0.1) is 22.9 Å². The van der Waals surface area contributed by atoms with Crippen molar-refractivity contribution in [3.05, 3.63) is 47.0 Å². The molecule has 0 radical (unpaired) electrons. The molecule has 4 N–H and O–H groups in total. The summed E-state index contributed by atoms with van der Waals surface area (Å²) >= 11 is 2.66. The Balaban J connectivity index is 1.60. The van der Waals surface area contributed by atoms with Gasteiger partial charge >= 0.3 is 5.97 Å². The largest absolute Gasteiger partial charge is 0.476 e. The van der Waals surface area contributed by atoms with Gasteiger partial charge in [-0.1, -0.05) is 23.5 Å². The van der Waals surface area contributed by atoms with Crippen LogP contribution in [-0.2, 0) is 0 Å². The number of aromatic carboxylic acids is 1. The van der Waals surface area contributed by atoms with Gasteiger partial charge in [-0.05, 0) is 37.1 Å². The minimum Gasteiger partial charge on any atom is -0.476 e. The Hall–Kier alpha value is -3.19. The van der Waals surface area contributed by atoms with Crippen LogP contribution >= 0.6 is 22.7 Å². The maximum absolute atomic E-state index is 11.2. The molecule has 0 saturated carbocycles. The first-order valence-corrected chi connectivity index (χ1v) is 11.4. The summed E-state index contributed by atoms with van der Waals surface area (Å²) in [7, 11) is 0. The summed E-state index contributed by atoms with van der Waals surface area (Å²) in [6, 6.07) is 9.63. The molecule has 4 rings (SSSR count). The lowest BCUT2D eigenvalue weighted by Gasteiger charge is -2.22. The lowest BCUT2D eigenvalue weighted by atomic mass is 10.2. The van der Waals surface area contributed by atoms with Crippen LogP contribution in [0.1, 0.15) is 22.5 Å². The van der Waals surface area contributed by atoms with E-state index in [1.165, 1.54) is 16.7 Å². The number of carboxylic acid groups (broad SMARTS) is 1. The summed E-state index contributed by atoms with van der Waals surface area (Å²) in [6.07, 6.45) is -0.671. The molecule has 0 aliphatic heterocycles. The van der Waals surface area contributed by atoms with Gasteiger partial charge in [-0.25, -0.2) is 14.8 Å². The Kier molecular flexibility index (Phi) is 6.55. The van der Waals surface area contributed by atoms with Crippen molar-refractivity contribution in [2.75, 3.05) is 23.4 Å². The van der Waals surface area contributed by atoms with Crippen LogP contribution in [0.3, 0.4) is 0 Å². The third-order valence-corrected chi connectivity index (χ3v) is 6.42. The maximum Gasteiger partial charge on any atom is 0.355 e. The molecule has 1 unspecified atom stereocenters. The van der Waals surface area contributed by atoms with Crippen LogP contribution in [0, 0.1) is 6.92 Å². The van der Waals surface area contributed by atoms with Gasteiger partial charge in [0.1, 0.15) is 0 Å². The number of aliphatic hydroxyl groups excluding tert-OH is 2. The van der Waals surface area contributed by atoms with Crippen LogP contribution in [0.4, 0.5) is 21.9 Å². The second-order valence-corrected chi connectivity index (χ2v) is 8.81. The van der Waals surface area contributed by atoms with Gasteiger partial charge in [0.15, 0.2) is 27.6 Å². The van der Waals surface area contributed by atoms with E-state index in [1.54, 1.807) is 11.0 Å². The zero-order chi connectivity index (χ0) is 22.7. The second kappa shape index (κ2) is 9.53. The molecule has 0 fully saturated rings. The van der Waals surface area contributed by atoms with E-state index in [2.05, 4.69) is 25.5 Å². The molecule has 0 bridgehead atoms. The zero-order valence-electron chi connectivity index (χ0n) is 17.0. The molecule has 12 heteroatoms. The average Bonchev–Trinajstić information content (AvgIpc) is 3.42. The van der Waals surface area contributed by atoms with Gasteiger partial charge in [0, 0.05) is 11.9 Å². The number of hydrogen-bond acceptors (Lipinski definition) is 11. The van der Waals surface area contributed by atoms with Crippen LogP contribution < -0.4 is 10.2 Å². The molecule has 1 aromatic carbocycles. The molecule has 10 nitrogen and oxygen atoms in total. The SMILES string of the molecule is Cc1cc(N(CCC(O)CO)c2nc(C(=O)O)cs2)nnc1Nc1nc2ccccc2s1. The van der Waals surface area contributed by atoms with Gasteiger partial charge in [-0.2, -0.15) is 0 Å². The highest BCUT2D eigenvalue weighted by molar-refractivity contribution is 7.22. The highest BCUT2D eigenvalue weighted by atomic mass is 32.1. The Morgan fingerprint density at radius 2 is 2.06 bits per heavy atom. The Bertz CT molecular complexity index is 1210. The van der Waals surface area contributed by atoms with Crippen LogP contribution in [0.15, 0.2) is 35.7 Å². The second-order valence-electron chi connectivity index (χ2n) is 6.94. The van der Waals surface area contributed by atoms with Crippen LogP contribution in [-0.4, -0.2) is 60.7 Å². The first kappa shape index (κ1) is 22.0. The number of hydrogen-bond donors (Lipinski definition) is 4. The first-order chi connectivity index (χ1) is 15.4. The van der Waals surface area contributed by atoms with E-state index >= 15 is 0 Å². The molecule has 32 heavy (non-hydrogen) atoms. The number of aliphatic hydroxyl groups is 2. The average molecular weight is 473 g/mol. The summed E-state index contributed by atoms with van der Waals surface area (Å²) in [4.78, 5) is 21.6. The van der Waals surface area contributed by atoms with E-state index < -0.39 is 12.1 Å². The minimum atomic E-state index is -1.12. The molecule has 0 saturated heterocycles. The third kappa shape index (κ3) is 4.83. The monoisotopic (exact) mass is 472 g/mol. The smallest absolute Gasteiger partial charge is 0.355 e. The normalized spacial score (nSPS) is 12.1. The molecule has 3 aromatic heterocycles. The number of thiazole rings is 2. The van der Waals surface area contributed by atoms with Gasteiger partial charge in [0.2, 0.25) is 0 Å². The number of nitrogens with zero attached hydrogens (tertiary/aromatic N) is 5. The van der Waals surface area contributed by atoms with Crippen molar-refractivity contribution in [3.8, 4) is 0 Å². The van der Waals surface area contributed by atoms with E-state index in [-0.39, 0.29) is 25.3 Å². The van der Waals surface area contributed by atoms with Crippen molar-refractivity contribution in [3.63, 3.8) is 0 Å². The van der Waals surface area contributed by atoms with Crippen molar-refractivity contribution >= 4 is 60.8 Å². The Morgan fingerprint density at radius 3 is 2.75 bits per heavy atom. The quantitative estimate of drug-likeness (QED) is 0.287. The van der Waals surface area contributed by atoms with E-state index in [0.29, 0.717) is 21.9 Å². The van der Waals surface area contributed by atoms with Crippen molar-refractivity contribution < 1.29 is 20.1 Å². The number of nitrogens with one attached hydrogen (secondary N) is 1. The number of aromatic nitrogens is 4. The lowest BCUT2D eigenvalue weighted by Crippen LogP contribution is -2.25. The topological polar surface area (TPSA) is 145 Å². The maximum atomic E-state index is 11.2. The fourth-order valence-corrected chi connectivity index (χ4v) is 4.62. The molecular weight excluding hydrogens is 452 g/mol. The Labute approximate surface area is 190 Å². The van der Waals surface area contributed by atoms with Gasteiger partial charge < -0.3 is 25.5 Å². The predicted octanol–water partition coefficient (Wildman–Crippen LogP) is 3.17. The van der Waals surface area contributed by atoms with Crippen LogP contribution in [0.25, 0.3) is 10.2 Å². The van der Waals surface area contributed by atoms with E-state index in [4.69, 9.17) is 5.11 Å². The van der Waals surface area contributed by atoms with Crippen LogP contribution in [0.2, 0.25) is 0 Å². The summed E-state index contributed by atoms with van der Waals surface area (Å²) < 4.78 is 1.06.